The molecule has 1 saturated carbocycles. The SMILES string of the molecule is C=CCCC1(C(=O)NC(C)Cc2ccc(NC(=O)c3c(Cl)cccc3Cl)cc2)CCCC1. The first kappa shape index (κ1) is 24.3. The number of amides is 2. The summed E-state index contributed by atoms with van der Waals surface area (Å²) < 4.78 is 0. The molecule has 3 rings (SSSR count). The number of hydrogen-bond donors (Lipinski definition) is 2. The molecule has 0 saturated heterocycles. The predicted octanol–water partition coefficient (Wildman–Crippen LogP) is 6.82. The predicted molar refractivity (Wildman–Crippen MR) is 132 cm³/mol. The van der Waals surface area contributed by atoms with Crippen molar-refractivity contribution in [1.82, 2.24) is 5.32 Å². The highest BCUT2D eigenvalue weighted by atomic mass is 35.5. The van der Waals surface area contributed by atoms with Crippen molar-refractivity contribution in [3.05, 3.63) is 76.3 Å². The van der Waals surface area contributed by atoms with Crippen molar-refractivity contribution in [1.29, 1.82) is 0 Å². The lowest BCUT2D eigenvalue weighted by Crippen LogP contribution is -2.44. The van der Waals surface area contributed by atoms with Crippen LogP contribution in [0.3, 0.4) is 0 Å². The van der Waals surface area contributed by atoms with E-state index < -0.39 is 0 Å². The Morgan fingerprint density at radius 2 is 1.72 bits per heavy atom. The number of anilines is 1. The van der Waals surface area contributed by atoms with E-state index in [2.05, 4.69) is 17.2 Å². The maximum atomic E-state index is 13.0. The fourth-order valence-electron chi connectivity index (χ4n) is 4.43. The second kappa shape index (κ2) is 11.0. The van der Waals surface area contributed by atoms with E-state index in [9.17, 15) is 9.59 Å². The summed E-state index contributed by atoms with van der Waals surface area (Å²) >= 11 is 12.2. The molecule has 0 heterocycles. The van der Waals surface area contributed by atoms with Gasteiger partial charge in [-0.1, -0.05) is 60.3 Å². The first-order chi connectivity index (χ1) is 15.3. The summed E-state index contributed by atoms with van der Waals surface area (Å²) in [6.07, 6.45) is 8.52. The van der Waals surface area contributed by atoms with Gasteiger partial charge in [-0.25, -0.2) is 0 Å². The molecule has 32 heavy (non-hydrogen) atoms. The molecule has 0 aromatic heterocycles. The standard InChI is InChI=1S/C26H30Cl2N2O2/c1-3-4-14-26(15-5-6-16-26)25(32)29-18(2)17-19-10-12-20(13-11-19)30-24(31)23-21(27)8-7-9-22(23)28/h3,7-13,18H,1,4-6,14-17H2,2H3,(H,29,32)(H,30,31). The molecule has 2 aromatic carbocycles. The van der Waals surface area contributed by atoms with Gasteiger partial charge >= 0.3 is 0 Å². The third kappa shape index (κ3) is 5.93. The molecule has 6 heteroatoms. The number of carbonyl (C=O) groups is 2. The van der Waals surface area contributed by atoms with Crippen LogP contribution in [-0.4, -0.2) is 17.9 Å². The lowest BCUT2D eigenvalue weighted by atomic mass is 9.80. The number of carbonyl (C=O) groups excluding carboxylic acids is 2. The van der Waals surface area contributed by atoms with Gasteiger partial charge in [0.05, 0.1) is 15.6 Å². The molecular weight excluding hydrogens is 443 g/mol. The van der Waals surface area contributed by atoms with Crippen molar-refractivity contribution in [2.24, 2.45) is 5.41 Å². The molecule has 0 aliphatic heterocycles. The number of rotatable bonds is 9. The molecule has 0 bridgehead atoms. The van der Waals surface area contributed by atoms with Crippen LogP contribution in [0, 0.1) is 5.41 Å². The molecule has 0 radical (unpaired) electrons. The third-order valence-corrected chi connectivity index (χ3v) is 6.82. The van der Waals surface area contributed by atoms with Crippen LogP contribution in [0.1, 0.15) is 61.4 Å². The molecule has 2 N–H and O–H groups in total. The molecule has 0 spiro atoms. The zero-order valence-corrected chi connectivity index (χ0v) is 19.9. The minimum atomic E-state index is -0.352. The fraction of sp³-hybridized carbons (Fsp3) is 0.385. The van der Waals surface area contributed by atoms with Gasteiger partial charge in [-0.15, -0.1) is 6.58 Å². The highest BCUT2D eigenvalue weighted by Crippen LogP contribution is 2.42. The molecule has 1 atom stereocenters. The summed E-state index contributed by atoms with van der Waals surface area (Å²) in [6.45, 7) is 5.84. The van der Waals surface area contributed by atoms with Crippen LogP contribution in [0.25, 0.3) is 0 Å². The maximum Gasteiger partial charge on any atom is 0.258 e. The van der Waals surface area contributed by atoms with E-state index in [1.165, 1.54) is 0 Å². The van der Waals surface area contributed by atoms with Gasteiger partial charge in [0.1, 0.15) is 0 Å². The zero-order valence-electron chi connectivity index (χ0n) is 18.4. The Morgan fingerprint density at radius 3 is 2.31 bits per heavy atom. The van der Waals surface area contributed by atoms with Gasteiger partial charge in [-0.2, -0.15) is 0 Å². The summed E-state index contributed by atoms with van der Waals surface area (Å²) in [5, 5.41) is 6.68. The van der Waals surface area contributed by atoms with Crippen LogP contribution < -0.4 is 10.6 Å². The summed E-state index contributed by atoms with van der Waals surface area (Å²) in [4.78, 5) is 25.6. The number of halogens is 2. The van der Waals surface area contributed by atoms with Gasteiger partial charge in [-0.05, 0) is 68.9 Å². The summed E-state index contributed by atoms with van der Waals surface area (Å²) in [7, 11) is 0. The van der Waals surface area contributed by atoms with Gasteiger partial charge in [0.25, 0.3) is 5.91 Å². The molecule has 1 fully saturated rings. The minimum absolute atomic E-state index is 0.0195. The summed E-state index contributed by atoms with van der Waals surface area (Å²) in [6, 6.07) is 12.6. The second-order valence-electron chi connectivity index (χ2n) is 8.64. The Labute approximate surface area is 200 Å². The zero-order chi connectivity index (χ0) is 23.1. The van der Waals surface area contributed by atoms with Gasteiger partial charge in [-0.3, -0.25) is 9.59 Å². The van der Waals surface area contributed by atoms with Crippen LogP contribution in [-0.2, 0) is 11.2 Å². The number of nitrogens with one attached hydrogen (secondary N) is 2. The smallest absolute Gasteiger partial charge is 0.258 e. The second-order valence-corrected chi connectivity index (χ2v) is 9.46. The van der Waals surface area contributed by atoms with Crippen molar-refractivity contribution in [3.63, 3.8) is 0 Å². The largest absolute Gasteiger partial charge is 0.353 e. The van der Waals surface area contributed by atoms with E-state index >= 15 is 0 Å². The molecule has 2 aromatic rings. The Morgan fingerprint density at radius 1 is 1.09 bits per heavy atom. The maximum absolute atomic E-state index is 13.0. The van der Waals surface area contributed by atoms with Crippen molar-refractivity contribution in [2.75, 3.05) is 5.32 Å². The number of hydrogen-bond acceptors (Lipinski definition) is 2. The van der Waals surface area contributed by atoms with Crippen molar-refractivity contribution < 1.29 is 9.59 Å². The van der Waals surface area contributed by atoms with Crippen molar-refractivity contribution in [2.45, 2.75) is 57.9 Å². The van der Waals surface area contributed by atoms with Crippen LogP contribution in [0.2, 0.25) is 10.0 Å². The minimum Gasteiger partial charge on any atom is -0.353 e. The Kier molecular flexibility index (Phi) is 8.38. The van der Waals surface area contributed by atoms with Crippen LogP contribution >= 0.6 is 23.2 Å². The first-order valence-electron chi connectivity index (χ1n) is 11.1. The Bertz CT molecular complexity index is 946. The highest BCUT2D eigenvalue weighted by molar-refractivity contribution is 6.40. The molecular formula is C26H30Cl2N2O2. The molecule has 1 aliphatic rings. The normalized spacial score (nSPS) is 15.7. The fourth-order valence-corrected chi connectivity index (χ4v) is 5.00. The molecule has 170 valence electrons. The van der Waals surface area contributed by atoms with Crippen LogP contribution in [0.5, 0.6) is 0 Å². The van der Waals surface area contributed by atoms with Crippen molar-refractivity contribution in [3.8, 4) is 0 Å². The quantitative estimate of drug-likeness (QED) is 0.393. The van der Waals surface area contributed by atoms with Gasteiger partial charge < -0.3 is 10.6 Å². The van der Waals surface area contributed by atoms with E-state index in [0.29, 0.717) is 22.2 Å². The molecule has 2 amide bonds. The first-order valence-corrected chi connectivity index (χ1v) is 11.9. The lowest BCUT2D eigenvalue weighted by molar-refractivity contribution is -0.131. The topological polar surface area (TPSA) is 58.2 Å². The van der Waals surface area contributed by atoms with E-state index in [0.717, 1.165) is 44.1 Å². The highest BCUT2D eigenvalue weighted by Gasteiger charge is 2.40. The Hall–Kier alpha value is -2.30. The van der Waals surface area contributed by atoms with Gasteiger partial charge in [0.15, 0.2) is 0 Å². The average molecular weight is 473 g/mol. The molecule has 1 aliphatic carbocycles. The molecule has 4 nitrogen and oxygen atoms in total. The lowest BCUT2D eigenvalue weighted by Gasteiger charge is -2.29. The van der Waals surface area contributed by atoms with E-state index in [4.69, 9.17) is 23.2 Å². The van der Waals surface area contributed by atoms with Gasteiger partial charge in [0.2, 0.25) is 5.91 Å². The van der Waals surface area contributed by atoms with E-state index in [-0.39, 0.29) is 28.8 Å². The van der Waals surface area contributed by atoms with Gasteiger partial charge in [0, 0.05) is 17.1 Å². The monoisotopic (exact) mass is 472 g/mol. The van der Waals surface area contributed by atoms with Crippen molar-refractivity contribution >= 4 is 40.7 Å². The van der Waals surface area contributed by atoms with E-state index in [1.807, 2.05) is 37.3 Å². The van der Waals surface area contributed by atoms with E-state index in [1.54, 1.807) is 18.2 Å². The number of benzene rings is 2. The third-order valence-electron chi connectivity index (χ3n) is 6.19. The summed E-state index contributed by atoms with van der Waals surface area (Å²) in [5.74, 6) is -0.180. The summed E-state index contributed by atoms with van der Waals surface area (Å²) in [5.41, 5.74) is 1.75. The molecule has 1 unspecified atom stereocenters. The number of allylic oxidation sites excluding steroid dienone is 1. The Balaban J connectivity index is 1.57. The van der Waals surface area contributed by atoms with Crippen LogP contribution in [0.15, 0.2) is 55.1 Å². The average Bonchev–Trinajstić information content (AvgIpc) is 3.24. The van der Waals surface area contributed by atoms with Crippen LogP contribution in [0.4, 0.5) is 5.69 Å².